The number of halogens is 4. The number of rotatable bonds is 4. The first-order chi connectivity index (χ1) is 13.9. The summed E-state index contributed by atoms with van der Waals surface area (Å²) in [6.07, 6.45) is -1.61. The summed E-state index contributed by atoms with van der Waals surface area (Å²) in [6.45, 7) is 2.96. The topological polar surface area (TPSA) is 60.9 Å². The number of anilines is 1. The van der Waals surface area contributed by atoms with Crippen LogP contribution in [0.4, 0.5) is 23.5 Å². The van der Waals surface area contributed by atoms with Crippen LogP contribution in [0.2, 0.25) is 0 Å². The van der Waals surface area contributed by atoms with Crippen LogP contribution in [-0.4, -0.2) is 51.2 Å². The molecule has 10 heteroatoms. The molecule has 1 aliphatic heterocycles. The second kappa shape index (κ2) is 7.78. The maximum atomic E-state index is 13.2. The highest BCUT2D eigenvalue weighted by atomic mass is 19.4. The van der Waals surface area contributed by atoms with Crippen LogP contribution >= 0.6 is 0 Å². The summed E-state index contributed by atoms with van der Waals surface area (Å²) in [6, 6.07) is 7.04. The smallest absolute Gasteiger partial charge is 0.338 e. The van der Waals surface area contributed by atoms with Gasteiger partial charge >= 0.3 is 6.18 Å². The van der Waals surface area contributed by atoms with Crippen molar-refractivity contribution < 1.29 is 17.6 Å². The monoisotopic (exact) mass is 406 g/mol. The first-order valence-corrected chi connectivity index (χ1v) is 9.06. The number of hydrogen-bond donors (Lipinski definition) is 1. The van der Waals surface area contributed by atoms with E-state index in [1.807, 2.05) is 0 Å². The van der Waals surface area contributed by atoms with Gasteiger partial charge in [-0.2, -0.15) is 18.3 Å². The highest BCUT2D eigenvalue weighted by molar-refractivity contribution is 5.62. The summed E-state index contributed by atoms with van der Waals surface area (Å²) < 4.78 is 51.7. The molecule has 152 valence electrons. The van der Waals surface area contributed by atoms with E-state index in [9.17, 15) is 17.6 Å². The number of nitrogens with one attached hydrogen (secondary N) is 1. The first-order valence-electron chi connectivity index (χ1n) is 9.06. The fourth-order valence-electron chi connectivity index (χ4n) is 3.30. The molecule has 1 fully saturated rings. The fourth-order valence-corrected chi connectivity index (χ4v) is 3.30. The number of aromatic nitrogens is 4. The molecule has 6 nitrogen and oxygen atoms in total. The Hall–Kier alpha value is -3.01. The van der Waals surface area contributed by atoms with Crippen molar-refractivity contribution in [1.29, 1.82) is 0 Å². The molecule has 3 heterocycles. The van der Waals surface area contributed by atoms with Gasteiger partial charge in [0.15, 0.2) is 0 Å². The van der Waals surface area contributed by atoms with Gasteiger partial charge in [-0.1, -0.05) is 0 Å². The molecule has 0 amide bonds. The Morgan fingerprint density at radius 1 is 1.00 bits per heavy atom. The summed E-state index contributed by atoms with van der Waals surface area (Å²) >= 11 is 0. The normalized spacial score (nSPS) is 15.7. The Morgan fingerprint density at radius 3 is 2.41 bits per heavy atom. The average molecular weight is 406 g/mol. The number of alkyl halides is 3. The van der Waals surface area contributed by atoms with Crippen molar-refractivity contribution in [2.45, 2.75) is 12.7 Å². The van der Waals surface area contributed by atoms with Crippen molar-refractivity contribution >= 4 is 5.95 Å². The van der Waals surface area contributed by atoms with Crippen LogP contribution in [0.1, 0.15) is 11.3 Å². The lowest BCUT2D eigenvalue weighted by atomic mass is 10.1. The van der Waals surface area contributed by atoms with Gasteiger partial charge in [-0.15, -0.1) is 0 Å². The minimum atomic E-state index is -4.49. The van der Waals surface area contributed by atoms with Crippen LogP contribution in [0, 0.1) is 5.82 Å². The molecule has 0 atom stereocenters. The van der Waals surface area contributed by atoms with E-state index in [0.717, 1.165) is 29.1 Å². The van der Waals surface area contributed by atoms with Gasteiger partial charge in [-0.3, -0.25) is 10.00 Å². The molecule has 1 aliphatic rings. The molecule has 0 aliphatic carbocycles. The Balaban J connectivity index is 1.40. The van der Waals surface area contributed by atoms with E-state index in [0.29, 0.717) is 32.7 Å². The molecular formula is C19H18F4N6. The summed E-state index contributed by atoms with van der Waals surface area (Å²) in [5.41, 5.74) is 1.70. The summed E-state index contributed by atoms with van der Waals surface area (Å²) in [4.78, 5) is 11.6. The third kappa shape index (κ3) is 4.37. The Labute approximate surface area is 164 Å². The van der Waals surface area contributed by atoms with Crippen molar-refractivity contribution in [3.8, 4) is 11.3 Å². The molecule has 0 unspecified atom stereocenters. The van der Waals surface area contributed by atoms with Crippen molar-refractivity contribution in [2.75, 3.05) is 31.1 Å². The predicted octanol–water partition coefficient (Wildman–Crippen LogP) is 3.35. The second-order valence-electron chi connectivity index (χ2n) is 6.78. The Morgan fingerprint density at radius 2 is 1.72 bits per heavy atom. The second-order valence-corrected chi connectivity index (χ2v) is 6.78. The Kier molecular flexibility index (Phi) is 5.18. The van der Waals surface area contributed by atoms with Gasteiger partial charge in [0.25, 0.3) is 0 Å². The van der Waals surface area contributed by atoms with Gasteiger partial charge < -0.3 is 4.90 Å². The number of benzene rings is 1. The first kappa shape index (κ1) is 19.3. The molecule has 0 radical (unpaired) electrons. The predicted molar refractivity (Wildman–Crippen MR) is 98.5 cm³/mol. The SMILES string of the molecule is Fc1ccc(-c2[nH]ncc2CN2CCN(c3nccc(C(F)(F)F)n3)CC2)cc1. The van der Waals surface area contributed by atoms with E-state index in [-0.39, 0.29) is 11.8 Å². The van der Waals surface area contributed by atoms with Crippen LogP contribution < -0.4 is 4.90 Å². The molecule has 29 heavy (non-hydrogen) atoms. The van der Waals surface area contributed by atoms with Crippen LogP contribution in [0.3, 0.4) is 0 Å². The van der Waals surface area contributed by atoms with Gasteiger partial charge in [-0.05, 0) is 30.3 Å². The lowest BCUT2D eigenvalue weighted by molar-refractivity contribution is -0.141. The summed E-state index contributed by atoms with van der Waals surface area (Å²) in [5, 5.41) is 7.05. The van der Waals surface area contributed by atoms with Gasteiger partial charge in [0.1, 0.15) is 11.5 Å². The molecule has 0 bridgehead atoms. The summed E-state index contributed by atoms with van der Waals surface area (Å²) in [7, 11) is 0. The number of H-pyrrole nitrogens is 1. The van der Waals surface area contributed by atoms with Crippen LogP contribution in [-0.2, 0) is 12.7 Å². The lowest BCUT2D eigenvalue weighted by Gasteiger charge is -2.34. The fraction of sp³-hybridized carbons (Fsp3) is 0.316. The van der Waals surface area contributed by atoms with E-state index < -0.39 is 11.9 Å². The zero-order valence-corrected chi connectivity index (χ0v) is 15.3. The van der Waals surface area contributed by atoms with Crippen molar-refractivity contribution in [1.82, 2.24) is 25.1 Å². The highest BCUT2D eigenvalue weighted by Crippen LogP contribution is 2.28. The van der Waals surface area contributed by atoms with Crippen LogP contribution in [0.5, 0.6) is 0 Å². The Bertz CT molecular complexity index is 961. The number of aromatic amines is 1. The van der Waals surface area contributed by atoms with E-state index >= 15 is 0 Å². The zero-order valence-electron chi connectivity index (χ0n) is 15.3. The van der Waals surface area contributed by atoms with Crippen LogP contribution in [0.25, 0.3) is 11.3 Å². The minimum Gasteiger partial charge on any atom is -0.338 e. The molecule has 3 aromatic rings. The maximum Gasteiger partial charge on any atom is 0.433 e. The standard InChI is InChI=1S/C19H18F4N6/c20-15-3-1-13(2-4-15)17-14(11-25-27-17)12-28-7-9-29(10-8-28)18-24-6-5-16(26-18)19(21,22)23/h1-6,11H,7-10,12H2,(H,25,27). The minimum absolute atomic E-state index is 0.0924. The number of piperazine rings is 1. The molecule has 1 N–H and O–H groups in total. The van der Waals surface area contributed by atoms with Gasteiger partial charge in [-0.25, -0.2) is 14.4 Å². The third-order valence-electron chi connectivity index (χ3n) is 4.83. The molecule has 0 saturated carbocycles. The largest absolute Gasteiger partial charge is 0.433 e. The van der Waals surface area contributed by atoms with Crippen molar-refractivity contribution in [3.63, 3.8) is 0 Å². The third-order valence-corrected chi connectivity index (χ3v) is 4.83. The number of nitrogens with zero attached hydrogens (tertiary/aromatic N) is 5. The van der Waals surface area contributed by atoms with Gasteiger partial charge in [0.05, 0.1) is 11.9 Å². The summed E-state index contributed by atoms with van der Waals surface area (Å²) in [5.74, 6) is -0.211. The maximum absolute atomic E-state index is 13.2. The molecule has 2 aromatic heterocycles. The van der Waals surface area contributed by atoms with E-state index in [2.05, 4.69) is 25.1 Å². The zero-order chi connectivity index (χ0) is 20.4. The van der Waals surface area contributed by atoms with Crippen molar-refractivity contribution in [3.05, 3.63) is 59.8 Å². The number of hydrogen-bond acceptors (Lipinski definition) is 5. The highest BCUT2D eigenvalue weighted by Gasteiger charge is 2.33. The molecule has 4 rings (SSSR count). The quantitative estimate of drug-likeness (QED) is 0.674. The van der Waals surface area contributed by atoms with Crippen LogP contribution in [0.15, 0.2) is 42.7 Å². The van der Waals surface area contributed by atoms with Crippen molar-refractivity contribution in [2.24, 2.45) is 0 Å². The van der Waals surface area contributed by atoms with E-state index in [1.165, 1.54) is 12.1 Å². The van der Waals surface area contributed by atoms with E-state index in [1.54, 1.807) is 23.2 Å². The molecule has 1 saturated heterocycles. The van der Waals surface area contributed by atoms with E-state index in [4.69, 9.17) is 0 Å². The average Bonchev–Trinajstić information content (AvgIpc) is 3.17. The molecular weight excluding hydrogens is 388 g/mol. The lowest BCUT2D eigenvalue weighted by Crippen LogP contribution is -2.46. The molecule has 0 spiro atoms. The molecule has 1 aromatic carbocycles. The van der Waals surface area contributed by atoms with Gasteiger partial charge in [0.2, 0.25) is 5.95 Å². The van der Waals surface area contributed by atoms with Gasteiger partial charge in [0, 0.05) is 50.0 Å².